The molecule has 5 heteroatoms. The zero-order valence-corrected chi connectivity index (χ0v) is 16.3. The molecule has 0 aliphatic carbocycles. The van der Waals surface area contributed by atoms with E-state index in [2.05, 4.69) is 22.4 Å². The van der Waals surface area contributed by atoms with Gasteiger partial charge in [-0.15, -0.1) is 0 Å². The second-order valence-corrected chi connectivity index (χ2v) is 6.60. The Bertz CT molecular complexity index is 912. The minimum Gasteiger partial charge on any atom is -0.497 e. The number of hydrogen-bond donors (Lipinski definition) is 1. The summed E-state index contributed by atoms with van der Waals surface area (Å²) in [6.07, 6.45) is 2.42. The maximum atomic E-state index is 12.5. The number of rotatable bonds is 8. The molecule has 28 heavy (non-hydrogen) atoms. The predicted molar refractivity (Wildman–Crippen MR) is 112 cm³/mol. The van der Waals surface area contributed by atoms with Gasteiger partial charge in [-0.05, 0) is 41.8 Å². The molecule has 0 radical (unpaired) electrons. The quantitative estimate of drug-likeness (QED) is 0.652. The number of anilines is 1. The molecular formula is C23H25N3O2. The Balaban J connectivity index is 1.57. The van der Waals surface area contributed by atoms with E-state index in [0.717, 1.165) is 30.1 Å². The Morgan fingerprint density at radius 1 is 1.04 bits per heavy atom. The lowest BCUT2D eigenvalue weighted by atomic mass is 10.1. The van der Waals surface area contributed by atoms with Crippen LogP contribution in [0.5, 0.6) is 5.75 Å². The van der Waals surface area contributed by atoms with Gasteiger partial charge in [0.25, 0.3) is 5.91 Å². The van der Waals surface area contributed by atoms with E-state index in [4.69, 9.17) is 4.74 Å². The zero-order valence-electron chi connectivity index (χ0n) is 16.3. The summed E-state index contributed by atoms with van der Waals surface area (Å²) in [6, 6.07) is 21.6. The number of methoxy groups -OCH3 is 1. The van der Waals surface area contributed by atoms with E-state index in [1.165, 1.54) is 5.56 Å². The fourth-order valence-corrected chi connectivity index (χ4v) is 2.96. The lowest BCUT2D eigenvalue weighted by molar-refractivity contribution is 0.0954. The van der Waals surface area contributed by atoms with Gasteiger partial charge in [0, 0.05) is 31.9 Å². The molecule has 0 aliphatic rings. The second kappa shape index (κ2) is 9.55. The Kier molecular flexibility index (Phi) is 6.63. The number of carbonyl (C=O) groups is 1. The van der Waals surface area contributed by atoms with Crippen LogP contribution in [0.2, 0.25) is 0 Å². The van der Waals surface area contributed by atoms with Crippen LogP contribution in [-0.2, 0) is 13.0 Å². The number of ether oxygens (including phenoxy) is 1. The average molecular weight is 375 g/mol. The number of nitrogens with zero attached hydrogens (tertiary/aromatic N) is 2. The van der Waals surface area contributed by atoms with Crippen LogP contribution >= 0.6 is 0 Å². The molecule has 5 nitrogen and oxygen atoms in total. The van der Waals surface area contributed by atoms with Gasteiger partial charge in [-0.2, -0.15) is 0 Å². The molecule has 0 aliphatic heterocycles. The van der Waals surface area contributed by atoms with Crippen molar-refractivity contribution < 1.29 is 9.53 Å². The standard InChI is InChI=1S/C23H25N3O2/c1-26(17-19-7-4-3-5-8-19)22-16-20(12-14-24-22)23(27)25-13-11-18-9-6-10-21(15-18)28-2/h3-10,12,14-16H,11,13,17H2,1-2H3,(H,25,27). The first-order chi connectivity index (χ1) is 13.7. The third kappa shape index (κ3) is 5.33. The van der Waals surface area contributed by atoms with Crippen LogP contribution in [0, 0.1) is 0 Å². The van der Waals surface area contributed by atoms with E-state index in [-0.39, 0.29) is 5.91 Å². The van der Waals surface area contributed by atoms with E-state index >= 15 is 0 Å². The molecule has 0 saturated carbocycles. The summed E-state index contributed by atoms with van der Waals surface area (Å²) in [5.74, 6) is 1.49. The monoisotopic (exact) mass is 375 g/mol. The third-order valence-corrected chi connectivity index (χ3v) is 4.49. The van der Waals surface area contributed by atoms with Crippen LogP contribution in [0.3, 0.4) is 0 Å². The SMILES string of the molecule is COc1cccc(CCNC(=O)c2ccnc(N(C)Cc3ccccc3)c2)c1. The van der Waals surface area contributed by atoms with Crippen molar-refractivity contribution in [1.29, 1.82) is 0 Å². The highest BCUT2D eigenvalue weighted by Crippen LogP contribution is 2.15. The van der Waals surface area contributed by atoms with Crippen molar-refractivity contribution in [3.05, 3.63) is 89.6 Å². The van der Waals surface area contributed by atoms with Gasteiger partial charge in [-0.25, -0.2) is 4.98 Å². The first-order valence-corrected chi connectivity index (χ1v) is 9.28. The maximum absolute atomic E-state index is 12.5. The third-order valence-electron chi connectivity index (χ3n) is 4.49. The fourth-order valence-electron chi connectivity index (χ4n) is 2.96. The van der Waals surface area contributed by atoms with Crippen LogP contribution in [0.15, 0.2) is 72.9 Å². The number of carbonyl (C=O) groups excluding carboxylic acids is 1. The van der Waals surface area contributed by atoms with Crippen LogP contribution in [-0.4, -0.2) is 31.6 Å². The largest absolute Gasteiger partial charge is 0.497 e. The highest BCUT2D eigenvalue weighted by Gasteiger charge is 2.09. The molecule has 0 atom stereocenters. The van der Waals surface area contributed by atoms with Gasteiger partial charge in [-0.1, -0.05) is 42.5 Å². The molecule has 0 spiro atoms. The summed E-state index contributed by atoms with van der Waals surface area (Å²) >= 11 is 0. The molecule has 144 valence electrons. The number of benzene rings is 2. The van der Waals surface area contributed by atoms with Crippen LogP contribution in [0.1, 0.15) is 21.5 Å². The van der Waals surface area contributed by atoms with Gasteiger partial charge < -0.3 is 15.0 Å². The number of aromatic nitrogens is 1. The lowest BCUT2D eigenvalue weighted by Crippen LogP contribution is -2.26. The number of nitrogens with one attached hydrogen (secondary N) is 1. The first kappa shape index (κ1) is 19.4. The summed E-state index contributed by atoms with van der Waals surface area (Å²) in [4.78, 5) is 18.9. The highest BCUT2D eigenvalue weighted by atomic mass is 16.5. The first-order valence-electron chi connectivity index (χ1n) is 9.28. The Labute approximate surface area is 166 Å². The van der Waals surface area contributed by atoms with E-state index in [1.54, 1.807) is 19.4 Å². The van der Waals surface area contributed by atoms with E-state index in [1.807, 2.05) is 60.5 Å². The van der Waals surface area contributed by atoms with Crippen molar-refractivity contribution in [2.75, 3.05) is 25.6 Å². The molecule has 1 amide bonds. The van der Waals surface area contributed by atoms with E-state index in [9.17, 15) is 4.79 Å². The minimum atomic E-state index is -0.0975. The zero-order chi connectivity index (χ0) is 19.8. The van der Waals surface area contributed by atoms with Gasteiger partial charge in [-0.3, -0.25) is 4.79 Å². The molecule has 1 aromatic heterocycles. The maximum Gasteiger partial charge on any atom is 0.251 e. The molecule has 0 fully saturated rings. The normalized spacial score (nSPS) is 10.4. The Morgan fingerprint density at radius 3 is 2.61 bits per heavy atom. The molecule has 1 heterocycles. The summed E-state index contributed by atoms with van der Waals surface area (Å²) in [5.41, 5.74) is 2.92. The Morgan fingerprint density at radius 2 is 1.82 bits per heavy atom. The van der Waals surface area contributed by atoms with E-state index in [0.29, 0.717) is 12.1 Å². The van der Waals surface area contributed by atoms with Crippen molar-refractivity contribution in [1.82, 2.24) is 10.3 Å². The van der Waals surface area contributed by atoms with Crippen molar-refractivity contribution in [3.63, 3.8) is 0 Å². The van der Waals surface area contributed by atoms with Crippen molar-refractivity contribution in [2.45, 2.75) is 13.0 Å². The number of amides is 1. The van der Waals surface area contributed by atoms with Crippen molar-refractivity contribution in [2.24, 2.45) is 0 Å². The summed E-state index contributed by atoms with van der Waals surface area (Å²) in [5, 5.41) is 2.97. The van der Waals surface area contributed by atoms with Crippen molar-refractivity contribution >= 4 is 11.7 Å². The van der Waals surface area contributed by atoms with Gasteiger partial charge in [0.2, 0.25) is 0 Å². The van der Waals surface area contributed by atoms with Gasteiger partial charge in [0.1, 0.15) is 11.6 Å². The molecular weight excluding hydrogens is 350 g/mol. The number of hydrogen-bond acceptors (Lipinski definition) is 4. The molecule has 1 N–H and O–H groups in total. The topological polar surface area (TPSA) is 54.5 Å². The van der Waals surface area contributed by atoms with Crippen LogP contribution < -0.4 is 15.0 Å². The molecule has 0 saturated heterocycles. The predicted octanol–water partition coefficient (Wildman–Crippen LogP) is 3.70. The molecule has 2 aromatic carbocycles. The summed E-state index contributed by atoms with van der Waals surface area (Å²) in [6.45, 7) is 1.29. The van der Waals surface area contributed by atoms with Crippen molar-refractivity contribution in [3.8, 4) is 5.75 Å². The smallest absolute Gasteiger partial charge is 0.251 e. The molecule has 0 bridgehead atoms. The van der Waals surface area contributed by atoms with Gasteiger partial charge in [0.15, 0.2) is 0 Å². The fraction of sp³-hybridized carbons (Fsp3) is 0.217. The highest BCUT2D eigenvalue weighted by molar-refractivity contribution is 5.94. The lowest BCUT2D eigenvalue weighted by Gasteiger charge is -2.18. The molecule has 3 rings (SSSR count). The van der Waals surface area contributed by atoms with Gasteiger partial charge in [0.05, 0.1) is 7.11 Å². The van der Waals surface area contributed by atoms with Crippen LogP contribution in [0.25, 0.3) is 0 Å². The summed E-state index contributed by atoms with van der Waals surface area (Å²) < 4.78 is 5.23. The van der Waals surface area contributed by atoms with Gasteiger partial charge >= 0.3 is 0 Å². The second-order valence-electron chi connectivity index (χ2n) is 6.60. The summed E-state index contributed by atoms with van der Waals surface area (Å²) in [7, 11) is 3.62. The average Bonchev–Trinajstić information content (AvgIpc) is 2.74. The van der Waals surface area contributed by atoms with Crippen LogP contribution in [0.4, 0.5) is 5.82 Å². The van der Waals surface area contributed by atoms with E-state index < -0.39 is 0 Å². The number of pyridine rings is 1. The molecule has 0 unspecified atom stereocenters. The minimum absolute atomic E-state index is 0.0975. The Hall–Kier alpha value is -3.34. The molecule has 3 aromatic rings.